The molecule has 1 heterocycles. The molecule has 28 heavy (non-hydrogen) atoms. The van der Waals surface area contributed by atoms with Gasteiger partial charge in [0.25, 0.3) is 5.91 Å². The number of amides is 4. The second kappa shape index (κ2) is 9.17. The first-order chi connectivity index (χ1) is 13.2. The SMILES string of the molecule is CCCC1(CCC)NC(=O)N(CC(=O)NC(c2ccc(F)cc2)C(C)C)C1=O. The van der Waals surface area contributed by atoms with Gasteiger partial charge in [-0.1, -0.05) is 52.7 Å². The highest BCUT2D eigenvalue weighted by atomic mass is 19.1. The van der Waals surface area contributed by atoms with Crippen LogP contribution in [0.25, 0.3) is 0 Å². The number of hydrogen-bond donors (Lipinski definition) is 2. The van der Waals surface area contributed by atoms with E-state index in [-0.39, 0.29) is 30.2 Å². The van der Waals surface area contributed by atoms with Crippen LogP contribution in [-0.2, 0) is 9.59 Å². The van der Waals surface area contributed by atoms with E-state index in [0.29, 0.717) is 12.8 Å². The largest absolute Gasteiger partial charge is 0.347 e. The van der Waals surface area contributed by atoms with Gasteiger partial charge in [0.15, 0.2) is 0 Å². The molecule has 7 heteroatoms. The van der Waals surface area contributed by atoms with Crippen LogP contribution in [-0.4, -0.2) is 34.8 Å². The zero-order valence-corrected chi connectivity index (χ0v) is 17.0. The van der Waals surface area contributed by atoms with E-state index < -0.39 is 17.5 Å². The van der Waals surface area contributed by atoms with Crippen molar-refractivity contribution in [3.8, 4) is 0 Å². The summed E-state index contributed by atoms with van der Waals surface area (Å²) in [4.78, 5) is 38.9. The maximum atomic E-state index is 13.2. The first kappa shape index (κ1) is 21.9. The van der Waals surface area contributed by atoms with Crippen molar-refractivity contribution in [2.75, 3.05) is 6.54 Å². The molecule has 154 valence electrons. The number of rotatable bonds is 9. The molecule has 1 fully saturated rings. The van der Waals surface area contributed by atoms with Crippen molar-refractivity contribution < 1.29 is 18.8 Å². The Hall–Kier alpha value is -2.44. The summed E-state index contributed by atoms with van der Waals surface area (Å²) in [6.45, 7) is 7.47. The lowest BCUT2D eigenvalue weighted by Crippen LogP contribution is -2.47. The van der Waals surface area contributed by atoms with Crippen molar-refractivity contribution >= 4 is 17.8 Å². The molecule has 1 saturated heterocycles. The fourth-order valence-electron chi connectivity index (χ4n) is 3.80. The van der Waals surface area contributed by atoms with Gasteiger partial charge in [0, 0.05) is 0 Å². The number of carbonyl (C=O) groups excluding carboxylic acids is 3. The maximum absolute atomic E-state index is 13.2. The van der Waals surface area contributed by atoms with Gasteiger partial charge in [0.1, 0.15) is 17.9 Å². The van der Waals surface area contributed by atoms with Gasteiger partial charge in [-0.25, -0.2) is 9.18 Å². The Morgan fingerprint density at radius 1 is 1.14 bits per heavy atom. The van der Waals surface area contributed by atoms with E-state index in [0.717, 1.165) is 23.3 Å². The minimum atomic E-state index is -0.907. The van der Waals surface area contributed by atoms with E-state index in [9.17, 15) is 18.8 Å². The van der Waals surface area contributed by atoms with Crippen LogP contribution in [0.1, 0.15) is 65.0 Å². The van der Waals surface area contributed by atoms with Crippen molar-refractivity contribution in [1.82, 2.24) is 15.5 Å². The fraction of sp³-hybridized carbons (Fsp3) is 0.571. The Balaban J connectivity index is 2.11. The number of nitrogens with zero attached hydrogens (tertiary/aromatic N) is 1. The minimum absolute atomic E-state index is 0.0526. The summed E-state index contributed by atoms with van der Waals surface area (Å²) >= 11 is 0. The molecule has 0 aromatic heterocycles. The number of hydrogen-bond acceptors (Lipinski definition) is 3. The van der Waals surface area contributed by atoms with Gasteiger partial charge < -0.3 is 10.6 Å². The summed E-state index contributed by atoms with van der Waals surface area (Å²) in [6.07, 6.45) is 2.61. The van der Waals surface area contributed by atoms with E-state index in [4.69, 9.17) is 0 Å². The molecule has 6 nitrogen and oxygen atoms in total. The summed E-state index contributed by atoms with van der Waals surface area (Å²) in [7, 11) is 0. The van der Waals surface area contributed by atoms with Gasteiger partial charge in [-0.2, -0.15) is 0 Å². The molecule has 1 atom stereocenters. The Bertz CT molecular complexity index is 712. The van der Waals surface area contributed by atoms with Crippen LogP contribution in [0.15, 0.2) is 24.3 Å². The van der Waals surface area contributed by atoms with Crippen LogP contribution in [0.5, 0.6) is 0 Å². The molecular formula is C21H30FN3O3. The molecule has 0 aliphatic carbocycles. The summed E-state index contributed by atoms with van der Waals surface area (Å²) in [5, 5.41) is 5.68. The lowest BCUT2D eigenvalue weighted by Gasteiger charge is -2.26. The summed E-state index contributed by atoms with van der Waals surface area (Å²) in [5.74, 6) is -1.05. The van der Waals surface area contributed by atoms with Gasteiger partial charge >= 0.3 is 6.03 Å². The second-order valence-electron chi connectivity index (χ2n) is 7.74. The second-order valence-corrected chi connectivity index (χ2v) is 7.74. The topological polar surface area (TPSA) is 78.5 Å². The first-order valence-electron chi connectivity index (χ1n) is 9.93. The molecule has 0 radical (unpaired) electrons. The molecule has 1 aliphatic heterocycles. The van der Waals surface area contributed by atoms with Crippen molar-refractivity contribution in [2.24, 2.45) is 5.92 Å². The van der Waals surface area contributed by atoms with E-state index >= 15 is 0 Å². The van der Waals surface area contributed by atoms with Gasteiger partial charge in [-0.3, -0.25) is 14.5 Å². The monoisotopic (exact) mass is 391 g/mol. The van der Waals surface area contributed by atoms with Crippen molar-refractivity contribution in [3.63, 3.8) is 0 Å². The highest BCUT2D eigenvalue weighted by molar-refractivity contribution is 6.09. The standard InChI is InChI=1S/C21H30FN3O3/c1-5-11-21(12-6-2)19(27)25(20(28)24-21)13-17(26)23-18(14(3)4)15-7-9-16(22)10-8-15/h7-10,14,18H,5-6,11-13H2,1-4H3,(H,23,26)(H,24,28). The molecule has 2 rings (SSSR count). The molecule has 1 aromatic rings. The molecule has 0 saturated carbocycles. The average Bonchev–Trinajstić information content (AvgIpc) is 2.85. The van der Waals surface area contributed by atoms with Crippen LogP contribution in [0.3, 0.4) is 0 Å². The lowest BCUT2D eigenvalue weighted by atomic mass is 9.88. The number of urea groups is 1. The van der Waals surface area contributed by atoms with Gasteiger partial charge in [-0.05, 0) is 36.5 Å². The van der Waals surface area contributed by atoms with Crippen LogP contribution >= 0.6 is 0 Å². The zero-order chi connectivity index (χ0) is 20.9. The van der Waals surface area contributed by atoms with Crippen LogP contribution in [0, 0.1) is 11.7 Å². The van der Waals surface area contributed by atoms with E-state index in [1.807, 2.05) is 27.7 Å². The van der Waals surface area contributed by atoms with E-state index in [2.05, 4.69) is 10.6 Å². The maximum Gasteiger partial charge on any atom is 0.325 e. The molecule has 4 amide bonds. The summed E-state index contributed by atoms with van der Waals surface area (Å²) < 4.78 is 13.2. The molecular weight excluding hydrogens is 361 g/mol. The van der Waals surface area contributed by atoms with Gasteiger partial charge in [0.05, 0.1) is 6.04 Å². The lowest BCUT2D eigenvalue weighted by molar-refractivity contribution is -0.135. The average molecular weight is 391 g/mol. The predicted molar refractivity (Wildman–Crippen MR) is 105 cm³/mol. The van der Waals surface area contributed by atoms with Gasteiger partial charge in [-0.15, -0.1) is 0 Å². The quantitative estimate of drug-likeness (QED) is 0.632. The zero-order valence-electron chi connectivity index (χ0n) is 17.0. The molecule has 1 unspecified atom stereocenters. The third-order valence-corrected chi connectivity index (χ3v) is 5.11. The predicted octanol–water partition coefficient (Wildman–Crippen LogP) is 3.53. The number of halogens is 1. The number of nitrogens with one attached hydrogen (secondary N) is 2. The summed E-state index contributed by atoms with van der Waals surface area (Å²) in [5.41, 5.74) is -0.136. The number of imide groups is 1. The smallest absolute Gasteiger partial charge is 0.325 e. The van der Waals surface area contributed by atoms with Crippen molar-refractivity contribution in [2.45, 2.75) is 65.0 Å². The molecule has 0 bridgehead atoms. The van der Waals surface area contributed by atoms with Gasteiger partial charge in [0.2, 0.25) is 5.91 Å². The van der Waals surface area contributed by atoms with Crippen LogP contribution < -0.4 is 10.6 Å². The third kappa shape index (κ3) is 4.69. The minimum Gasteiger partial charge on any atom is -0.347 e. The van der Waals surface area contributed by atoms with Crippen molar-refractivity contribution in [1.29, 1.82) is 0 Å². The number of benzene rings is 1. The molecule has 1 aliphatic rings. The molecule has 1 aromatic carbocycles. The Labute approximate surface area is 165 Å². The Morgan fingerprint density at radius 2 is 1.71 bits per heavy atom. The highest BCUT2D eigenvalue weighted by Crippen LogP contribution is 2.28. The highest BCUT2D eigenvalue weighted by Gasteiger charge is 2.50. The third-order valence-electron chi connectivity index (χ3n) is 5.11. The van der Waals surface area contributed by atoms with Crippen LogP contribution in [0.4, 0.5) is 9.18 Å². The fourth-order valence-corrected chi connectivity index (χ4v) is 3.80. The molecule has 0 spiro atoms. The first-order valence-corrected chi connectivity index (χ1v) is 9.93. The summed E-state index contributed by atoms with van der Waals surface area (Å²) in [6, 6.07) is 5.08. The van der Waals surface area contributed by atoms with E-state index in [1.54, 1.807) is 12.1 Å². The molecule has 2 N–H and O–H groups in total. The van der Waals surface area contributed by atoms with Crippen molar-refractivity contribution in [3.05, 3.63) is 35.6 Å². The number of carbonyl (C=O) groups is 3. The normalized spacial score (nSPS) is 17.0. The Morgan fingerprint density at radius 3 is 2.21 bits per heavy atom. The Kier molecular flexibility index (Phi) is 7.16. The van der Waals surface area contributed by atoms with Crippen LogP contribution in [0.2, 0.25) is 0 Å². The van der Waals surface area contributed by atoms with E-state index in [1.165, 1.54) is 12.1 Å².